The summed E-state index contributed by atoms with van der Waals surface area (Å²) in [5.74, 6) is -1.29. The van der Waals surface area contributed by atoms with Crippen LogP contribution in [-0.2, 0) is 6.54 Å². The monoisotopic (exact) mass is 447 g/mol. The van der Waals surface area contributed by atoms with Crippen LogP contribution in [0.4, 0.5) is 11.4 Å². The van der Waals surface area contributed by atoms with Crippen LogP contribution < -0.4 is 0 Å². The summed E-state index contributed by atoms with van der Waals surface area (Å²) in [6, 6.07) is 8.93. The predicted molar refractivity (Wildman–Crippen MR) is 119 cm³/mol. The minimum Gasteiger partial charge on any atom is -0.337 e. The molecule has 0 bridgehead atoms. The molecule has 11 heteroatoms. The fraction of sp³-hybridized carbons (Fsp3) is 0.182. The fourth-order valence-electron chi connectivity index (χ4n) is 3.89. The molecule has 0 saturated carbocycles. The average Bonchev–Trinajstić information content (AvgIpc) is 2.78. The third kappa shape index (κ3) is 3.69. The van der Waals surface area contributed by atoms with Gasteiger partial charge in [0, 0.05) is 30.3 Å². The maximum Gasteiger partial charge on any atom is 0.309 e. The molecule has 1 aliphatic rings. The van der Waals surface area contributed by atoms with Gasteiger partial charge in [0.15, 0.2) is 0 Å². The standard InChI is InChI=1S/C22H17N5O6/c1-12-17-19(24-10-16(21(17)28)26(30)31)18-15(20(12)27(32)33)8-14(9-23-18)22(29)25(2)11-13-6-4-3-5-7-13/h3-10,16H,11H2,1-2H3. The Bertz CT molecular complexity index is 1370. The molecule has 166 valence electrons. The zero-order valence-corrected chi connectivity index (χ0v) is 17.6. The number of pyridine rings is 1. The van der Waals surface area contributed by atoms with Crippen molar-refractivity contribution in [2.45, 2.75) is 19.5 Å². The normalized spacial score (nSPS) is 14.7. The molecule has 3 aromatic rings. The molecule has 1 atom stereocenters. The van der Waals surface area contributed by atoms with E-state index in [4.69, 9.17) is 0 Å². The number of hydrogen-bond donors (Lipinski definition) is 0. The van der Waals surface area contributed by atoms with E-state index in [1.807, 2.05) is 30.3 Å². The molecule has 1 amide bonds. The molecule has 1 unspecified atom stereocenters. The van der Waals surface area contributed by atoms with Gasteiger partial charge in [-0.15, -0.1) is 0 Å². The van der Waals surface area contributed by atoms with Crippen LogP contribution in [0.1, 0.15) is 31.8 Å². The number of ketones is 1. The molecule has 0 N–H and O–H groups in total. The van der Waals surface area contributed by atoms with Gasteiger partial charge in [0.1, 0.15) is 11.2 Å². The number of hydrogen-bond acceptors (Lipinski definition) is 8. The first-order valence-corrected chi connectivity index (χ1v) is 9.82. The van der Waals surface area contributed by atoms with Gasteiger partial charge >= 0.3 is 6.04 Å². The van der Waals surface area contributed by atoms with E-state index in [1.54, 1.807) is 7.05 Å². The van der Waals surface area contributed by atoms with Crippen LogP contribution in [0.25, 0.3) is 10.9 Å². The number of carbonyl (C=O) groups is 2. The third-order valence-electron chi connectivity index (χ3n) is 5.46. The number of aliphatic imine (C=N–C) groups is 1. The van der Waals surface area contributed by atoms with Crippen LogP contribution >= 0.6 is 0 Å². The molecule has 0 saturated heterocycles. The number of nitro groups is 2. The Morgan fingerprint density at radius 2 is 1.88 bits per heavy atom. The van der Waals surface area contributed by atoms with Gasteiger partial charge in [0.25, 0.3) is 11.6 Å². The van der Waals surface area contributed by atoms with Gasteiger partial charge in [-0.1, -0.05) is 30.3 Å². The van der Waals surface area contributed by atoms with E-state index >= 15 is 0 Å². The van der Waals surface area contributed by atoms with E-state index in [0.717, 1.165) is 11.8 Å². The highest BCUT2D eigenvalue weighted by molar-refractivity contribution is 6.20. The highest BCUT2D eigenvalue weighted by Crippen LogP contribution is 2.41. The second-order valence-electron chi connectivity index (χ2n) is 7.59. The molecule has 2 aromatic carbocycles. The number of carbonyl (C=O) groups excluding carboxylic acids is 2. The van der Waals surface area contributed by atoms with Crippen LogP contribution in [0.15, 0.2) is 47.6 Å². The smallest absolute Gasteiger partial charge is 0.309 e. The van der Waals surface area contributed by atoms with Gasteiger partial charge in [-0.3, -0.25) is 39.8 Å². The van der Waals surface area contributed by atoms with Gasteiger partial charge in [-0.05, 0) is 18.6 Å². The third-order valence-corrected chi connectivity index (χ3v) is 5.46. The van der Waals surface area contributed by atoms with E-state index in [2.05, 4.69) is 9.98 Å². The molecular formula is C22H17N5O6. The van der Waals surface area contributed by atoms with E-state index in [9.17, 15) is 29.8 Å². The van der Waals surface area contributed by atoms with Crippen molar-refractivity contribution >= 4 is 40.2 Å². The number of aromatic nitrogens is 1. The zero-order chi connectivity index (χ0) is 23.9. The largest absolute Gasteiger partial charge is 0.337 e. The Morgan fingerprint density at radius 3 is 2.52 bits per heavy atom. The maximum atomic E-state index is 13.0. The molecule has 0 fully saturated rings. The Kier molecular flexibility index (Phi) is 5.38. The van der Waals surface area contributed by atoms with Gasteiger partial charge in [0.05, 0.1) is 27.7 Å². The molecule has 33 heavy (non-hydrogen) atoms. The van der Waals surface area contributed by atoms with Crippen LogP contribution in [-0.4, -0.2) is 50.7 Å². The Balaban J connectivity index is 1.84. The van der Waals surface area contributed by atoms with Crippen LogP contribution in [0, 0.1) is 27.2 Å². The number of nitro benzene ring substituents is 1. The molecule has 0 radical (unpaired) electrons. The van der Waals surface area contributed by atoms with Crippen LogP contribution in [0.5, 0.6) is 0 Å². The summed E-state index contributed by atoms with van der Waals surface area (Å²) in [5, 5.41) is 23.1. The van der Waals surface area contributed by atoms with Crippen molar-refractivity contribution < 1.29 is 19.4 Å². The Hall–Kier alpha value is -4.54. The Morgan fingerprint density at radius 1 is 1.18 bits per heavy atom. The molecule has 0 spiro atoms. The average molecular weight is 447 g/mol. The summed E-state index contributed by atoms with van der Waals surface area (Å²) in [6.07, 6.45) is 2.15. The minimum absolute atomic E-state index is 0.0211. The number of benzene rings is 2. The first kappa shape index (κ1) is 21.7. The topological polar surface area (TPSA) is 149 Å². The van der Waals surface area contributed by atoms with Gasteiger partial charge in [-0.2, -0.15) is 0 Å². The number of rotatable bonds is 5. The first-order valence-electron chi connectivity index (χ1n) is 9.82. The molecular weight excluding hydrogens is 430 g/mol. The van der Waals surface area contributed by atoms with Crippen LogP contribution in [0.2, 0.25) is 0 Å². The van der Waals surface area contributed by atoms with Crippen molar-refractivity contribution in [3.05, 3.63) is 85.1 Å². The van der Waals surface area contributed by atoms with Gasteiger partial charge in [-0.25, -0.2) is 0 Å². The second-order valence-corrected chi connectivity index (χ2v) is 7.59. The van der Waals surface area contributed by atoms with Crippen molar-refractivity contribution in [1.82, 2.24) is 9.88 Å². The summed E-state index contributed by atoms with van der Waals surface area (Å²) in [5.41, 5.74) is 0.378. The highest BCUT2D eigenvalue weighted by Gasteiger charge is 2.39. The second kappa shape index (κ2) is 8.19. The fourth-order valence-corrected chi connectivity index (χ4v) is 3.89. The maximum absolute atomic E-state index is 13.0. The van der Waals surface area contributed by atoms with Crippen molar-refractivity contribution in [2.24, 2.45) is 4.99 Å². The lowest BCUT2D eigenvalue weighted by atomic mass is 9.91. The predicted octanol–water partition coefficient (Wildman–Crippen LogP) is 3.27. The Labute approximate surface area is 186 Å². The van der Waals surface area contributed by atoms with Crippen molar-refractivity contribution in [3.8, 4) is 0 Å². The van der Waals surface area contributed by atoms with E-state index in [-0.39, 0.29) is 33.3 Å². The van der Waals surface area contributed by atoms with E-state index in [1.165, 1.54) is 24.1 Å². The van der Waals surface area contributed by atoms with Crippen molar-refractivity contribution in [3.63, 3.8) is 0 Å². The summed E-state index contributed by atoms with van der Waals surface area (Å²) in [4.78, 5) is 57.0. The quantitative estimate of drug-likeness (QED) is 0.430. The summed E-state index contributed by atoms with van der Waals surface area (Å²) >= 11 is 0. The molecule has 1 aromatic heterocycles. The number of fused-ring (bicyclic) bond motifs is 3. The zero-order valence-electron chi connectivity index (χ0n) is 17.6. The summed E-state index contributed by atoms with van der Waals surface area (Å²) in [7, 11) is 1.60. The van der Waals surface area contributed by atoms with E-state index < -0.39 is 33.3 Å². The lowest BCUT2D eigenvalue weighted by molar-refractivity contribution is -0.485. The SMILES string of the molecule is Cc1c2c(c3ncc(C(=O)N(C)Cc4ccccc4)cc3c1[N+](=O)[O-])N=CC([N+](=O)[O-])C2=O. The molecule has 0 aliphatic carbocycles. The number of nitrogens with zero attached hydrogens (tertiary/aromatic N) is 5. The number of Topliss-reactive ketones (excluding diaryl/α,β-unsaturated/α-hetero) is 1. The van der Waals surface area contributed by atoms with E-state index in [0.29, 0.717) is 6.54 Å². The van der Waals surface area contributed by atoms with Gasteiger partial charge in [0.2, 0.25) is 5.78 Å². The molecule has 1 aliphatic heterocycles. The van der Waals surface area contributed by atoms with Crippen molar-refractivity contribution in [2.75, 3.05) is 7.05 Å². The van der Waals surface area contributed by atoms with Crippen molar-refractivity contribution in [1.29, 1.82) is 0 Å². The lowest BCUT2D eigenvalue weighted by Crippen LogP contribution is -2.34. The molecule has 2 heterocycles. The molecule has 11 nitrogen and oxygen atoms in total. The number of amides is 1. The summed E-state index contributed by atoms with van der Waals surface area (Å²) < 4.78 is 0. The van der Waals surface area contributed by atoms with Crippen LogP contribution in [0.3, 0.4) is 0 Å². The minimum atomic E-state index is -1.72. The highest BCUT2D eigenvalue weighted by atomic mass is 16.6. The lowest BCUT2D eigenvalue weighted by Gasteiger charge is -2.19. The molecule has 4 rings (SSSR count). The van der Waals surface area contributed by atoms with Gasteiger partial charge < -0.3 is 4.90 Å². The summed E-state index contributed by atoms with van der Waals surface area (Å²) in [6.45, 7) is 1.66. The first-order chi connectivity index (χ1) is 15.7.